The summed E-state index contributed by atoms with van der Waals surface area (Å²) in [6.45, 7) is 1.79. The van der Waals surface area contributed by atoms with Gasteiger partial charge in [0.1, 0.15) is 4.90 Å². The second-order valence-electron chi connectivity index (χ2n) is 10.7. The number of primary sulfonamides is 1. The molecule has 4 atom stereocenters. The van der Waals surface area contributed by atoms with Gasteiger partial charge in [0.15, 0.2) is 0 Å². The molecule has 0 aliphatic carbocycles. The van der Waals surface area contributed by atoms with Crippen molar-refractivity contribution in [1.29, 1.82) is 0 Å². The van der Waals surface area contributed by atoms with E-state index in [1.54, 1.807) is 18.2 Å². The Hall–Kier alpha value is -3.45. The fourth-order valence-corrected chi connectivity index (χ4v) is 7.34. The van der Waals surface area contributed by atoms with Crippen LogP contribution in [0.2, 0.25) is 0 Å². The Kier molecular flexibility index (Phi) is 8.35. The summed E-state index contributed by atoms with van der Waals surface area (Å²) in [5, 5.41) is 8.44. The van der Waals surface area contributed by atoms with E-state index in [0.29, 0.717) is 39.0 Å². The monoisotopic (exact) mass is 617 g/mol. The van der Waals surface area contributed by atoms with Crippen molar-refractivity contribution in [2.24, 2.45) is 28.1 Å². The van der Waals surface area contributed by atoms with Gasteiger partial charge in [-0.05, 0) is 43.2 Å². The van der Waals surface area contributed by atoms with Crippen LogP contribution in [0, 0.1) is 0 Å². The average Bonchev–Trinajstić information content (AvgIpc) is 2.92. The largest absolute Gasteiger partial charge is 0.338 e. The Morgan fingerprint density at radius 2 is 1.19 bits per heavy atom. The van der Waals surface area contributed by atoms with E-state index in [9.17, 15) is 16.8 Å². The van der Waals surface area contributed by atoms with E-state index in [0.717, 1.165) is 6.07 Å². The molecule has 15 nitrogen and oxygen atoms in total. The van der Waals surface area contributed by atoms with Crippen molar-refractivity contribution in [3.8, 4) is 0 Å². The number of sulfone groups is 1. The second kappa shape index (κ2) is 11.7. The molecule has 2 fully saturated rings. The van der Waals surface area contributed by atoms with Gasteiger partial charge in [-0.25, -0.2) is 22.0 Å². The molecule has 2 saturated heterocycles. The number of nitrogens with one attached hydrogen (secondary N) is 1. The predicted octanol–water partition coefficient (Wildman–Crippen LogP) is -1.18. The third kappa shape index (κ3) is 6.62. The van der Waals surface area contributed by atoms with Crippen molar-refractivity contribution < 1.29 is 16.8 Å². The van der Waals surface area contributed by atoms with Gasteiger partial charge in [0.2, 0.25) is 37.7 Å². The third-order valence-corrected chi connectivity index (χ3v) is 9.80. The number of anilines is 4. The SMILES string of the molecule is N[C@@H]1C[C@H](N)CN(c2nc(Nc3ccc(S(=O)(=O)c4ccccc4)cc3S(N)(=O)=O)nc(N3C[C@H](N)C[C@H](N)C3)n2)C1. The first-order valence-electron chi connectivity index (χ1n) is 13.3. The molecular weight excluding hydrogens is 582 g/mol. The highest BCUT2D eigenvalue weighted by Crippen LogP contribution is 2.30. The van der Waals surface area contributed by atoms with Gasteiger partial charge in [0.25, 0.3) is 0 Å². The van der Waals surface area contributed by atoms with Crippen LogP contribution in [0.15, 0.2) is 63.2 Å². The molecule has 2 aliphatic rings. The number of nitrogens with zero attached hydrogens (tertiary/aromatic N) is 5. The molecule has 0 radical (unpaired) electrons. The fourth-order valence-electron chi connectivity index (χ4n) is 5.24. The summed E-state index contributed by atoms with van der Waals surface area (Å²) in [7, 11) is -8.42. The Bertz CT molecular complexity index is 1590. The molecule has 11 N–H and O–H groups in total. The lowest BCUT2D eigenvalue weighted by molar-refractivity contribution is 0.441. The van der Waals surface area contributed by atoms with Gasteiger partial charge in [0, 0.05) is 50.3 Å². The lowest BCUT2D eigenvalue weighted by Gasteiger charge is -2.37. The zero-order chi connectivity index (χ0) is 30.2. The van der Waals surface area contributed by atoms with Gasteiger partial charge in [0.05, 0.1) is 15.5 Å². The number of benzene rings is 2. The fraction of sp³-hybridized carbons (Fsp3) is 0.400. The first-order valence-corrected chi connectivity index (χ1v) is 16.3. The van der Waals surface area contributed by atoms with Crippen molar-refractivity contribution >= 4 is 43.4 Å². The Morgan fingerprint density at radius 1 is 0.690 bits per heavy atom. The molecule has 42 heavy (non-hydrogen) atoms. The maximum absolute atomic E-state index is 13.2. The Balaban J connectivity index is 1.56. The van der Waals surface area contributed by atoms with E-state index in [2.05, 4.69) is 20.3 Å². The molecule has 3 aromatic rings. The quantitative estimate of drug-likeness (QED) is 0.183. The first-order chi connectivity index (χ1) is 19.8. The minimum atomic E-state index is -4.39. The van der Waals surface area contributed by atoms with Crippen molar-refractivity contribution in [2.75, 3.05) is 41.3 Å². The number of sulfonamides is 1. The Labute approximate surface area is 244 Å². The van der Waals surface area contributed by atoms with Crippen LogP contribution >= 0.6 is 0 Å². The first kappa shape index (κ1) is 30.0. The van der Waals surface area contributed by atoms with Crippen molar-refractivity contribution in [3.63, 3.8) is 0 Å². The molecule has 0 bridgehead atoms. The zero-order valence-corrected chi connectivity index (χ0v) is 24.4. The summed E-state index contributed by atoms with van der Waals surface area (Å²) < 4.78 is 51.7. The highest BCUT2D eigenvalue weighted by atomic mass is 32.2. The molecule has 0 amide bonds. The number of aromatic nitrogens is 3. The van der Waals surface area contributed by atoms with Gasteiger partial charge in [-0.2, -0.15) is 15.0 Å². The molecule has 17 heteroatoms. The summed E-state index contributed by atoms with van der Waals surface area (Å²) in [4.78, 5) is 16.7. The highest BCUT2D eigenvalue weighted by molar-refractivity contribution is 7.91. The summed E-state index contributed by atoms with van der Waals surface area (Å²) in [6.07, 6.45) is 1.29. The minimum Gasteiger partial charge on any atom is -0.338 e. The number of piperidine rings is 2. The highest BCUT2D eigenvalue weighted by Gasteiger charge is 2.29. The standard InChI is InChI=1S/C25H35N11O4S2/c26-15-8-16(27)12-35(11-15)24-32-23(33-25(34-24)36-13-17(28)9-18(29)14-36)31-21-7-6-20(10-22(21)42(30,39)40)41(37,38)19-4-2-1-3-5-19/h1-7,10,15-18H,8-9,11-14,26-29H2,(H2,30,39,40)(H,31,32,33,34)/t15-,16+,17-,18+. The van der Waals surface area contributed by atoms with Crippen molar-refractivity contribution in [1.82, 2.24) is 15.0 Å². The number of nitrogens with two attached hydrogens (primary N) is 5. The van der Waals surface area contributed by atoms with E-state index in [-0.39, 0.29) is 57.5 Å². The number of rotatable bonds is 7. The third-order valence-electron chi connectivity index (χ3n) is 7.08. The average molecular weight is 618 g/mol. The van der Waals surface area contributed by atoms with E-state index in [4.69, 9.17) is 28.1 Å². The normalized spacial score (nSPS) is 23.5. The minimum absolute atomic E-state index is 0.000927. The van der Waals surface area contributed by atoms with Crippen LogP contribution in [0.4, 0.5) is 23.5 Å². The van der Waals surface area contributed by atoms with E-state index in [1.165, 1.54) is 24.3 Å². The second-order valence-corrected chi connectivity index (χ2v) is 14.2. The van der Waals surface area contributed by atoms with Gasteiger partial charge >= 0.3 is 0 Å². The van der Waals surface area contributed by atoms with Gasteiger partial charge in [-0.3, -0.25) is 0 Å². The summed E-state index contributed by atoms with van der Waals surface area (Å²) >= 11 is 0. The van der Waals surface area contributed by atoms with Crippen LogP contribution in [0.1, 0.15) is 12.8 Å². The van der Waals surface area contributed by atoms with E-state index < -0.39 is 24.8 Å². The molecule has 0 spiro atoms. The maximum atomic E-state index is 13.2. The molecule has 0 unspecified atom stereocenters. The van der Waals surface area contributed by atoms with E-state index >= 15 is 0 Å². The van der Waals surface area contributed by atoms with Crippen LogP contribution in [0.25, 0.3) is 0 Å². The van der Waals surface area contributed by atoms with Crippen LogP contribution in [-0.2, 0) is 19.9 Å². The molecule has 1 aromatic heterocycles. The summed E-state index contributed by atoms with van der Waals surface area (Å²) in [5.74, 6) is 0.557. The summed E-state index contributed by atoms with van der Waals surface area (Å²) in [5.41, 5.74) is 24.8. The molecule has 5 rings (SSSR count). The summed E-state index contributed by atoms with van der Waals surface area (Å²) in [6, 6.07) is 10.5. The Morgan fingerprint density at radius 3 is 1.67 bits per heavy atom. The van der Waals surface area contributed by atoms with Crippen molar-refractivity contribution in [3.05, 3.63) is 48.5 Å². The molecular formula is C25H35N11O4S2. The smallest absolute Gasteiger partial charge is 0.240 e. The van der Waals surface area contributed by atoms with Gasteiger partial charge < -0.3 is 38.1 Å². The number of hydrogen-bond acceptors (Lipinski definition) is 14. The maximum Gasteiger partial charge on any atom is 0.240 e. The molecule has 3 heterocycles. The van der Waals surface area contributed by atoms with Crippen molar-refractivity contribution in [2.45, 2.75) is 51.7 Å². The van der Waals surface area contributed by atoms with Crippen LogP contribution in [0.5, 0.6) is 0 Å². The molecule has 0 saturated carbocycles. The van der Waals surface area contributed by atoms with E-state index in [1.807, 2.05) is 9.80 Å². The van der Waals surface area contributed by atoms with Gasteiger partial charge in [-0.1, -0.05) is 18.2 Å². The molecule has 2 aromatic carbocycles. The van der Waals surface area contributed by atoms with Crippen LogP contribution in [0.3, 0.4) is 0 Å². The molecule has 226 valence electrons. The lowest BCUT2D eigenvalue weighted by atomic mass is 10.0. The predicted molar refractivity (Wildman–Crippen MR) is 158 cm³/mol. The lowest BCUT2D eigenvalue weighted by Crippen LogP contribution is -2.54. The number of hydrogen-bond donors (Lipinski definition) is 6. The van der Waals surface area contributed by atoms with Gasteiger partial charge in [-0.15, -0.1) is 0 Å². The molecule has 2 aliphatic heterocycles. The topological polar surface area (TPSA) is 256 Å². The zero-order valence-electron chi connectivity index (χ0n) is 22.7. The van der Waals surface area contributed by atoms with Crippen LogP contribution in [-0.4, -0.2) is 82.1 Å². The van der Waals surface area contributed by atoms with Crippen LogP contribution < -0.4 is 43.2 Å².